The van der Waals surface area contributed by atoms with E-state index in [4.69, 9.17) is 4.74 Å². The van der Waals surface area contributed by atoms with Crippen molar-refractivity contribution in [3.05, 3.63) is 40.7 Å². The number of thiazole rings is 1. The molecule has 0 saturated carbocycles. The van der Waals surface area contributed by atoms with Crippen LogP contribution in [0.5, 0.6) is 0 Å². The van der Waals surface area contributed by atoms with Crippen molar-refractivity contribution in [3.63, 3.8) is 0 Å². The Labute approximate surface area is 162 Å². The monoisotopic (exact) mass is 390 g/mol. The van der Waals surface area contributed by atoms with Gasteiger partial charge in [0, 0.05) is 17.6 Å². The van der Waals surface area contributed by atoms with Crippen LogP contribution in [0.15, 0.2) is 24.3 Å². The minimum Gasteiger partial charge on any atom is -0.451 e. The average molecular weight is 390 g/mol. The molecule has 0 spiro atoms. The van der Waals surface area contributed by atoms with E-state index < -0.39 is 5.97 Å². The molecule has 0 radical (unpaired) electrons. The molecule has 1 fully saturated rings. The van der Waals surface area contributed by atoms with E-state index >= 15 is 0 Å². The Balaban J connectivity index is 1.66. The molecule has 7 heteroatoms. The third-order valence-electron chi connectivity index (χ3n) is 4.88. The van der Waals surface area contributed by atoms with Gasteiger partial charge >= 0.3 is 5.97 Å². The van der Waals surface area contributed by atoms with Crippen molar-refractivity contribution in [3.8, 4) is 10.6 Å². The summed E-state index contributed by atoms with van der Waals surface area (Å²) in [4.78, 5) is 31.5. The first-order valence-corrected chi connectivity index (χ1v) is 9.90. The van der Waals surface area contributed by atoms with Crippen LogP contribution in [0, 0.1) is 12.7 Å². The molecule has 3 rings (SSSR count). The second-order valence-corrected chi connectivity index (χ2v) is 7.95. The van der Waals surface area contributed by atoms with Gasteiger partial charge in [-0.2, -0.15) is 0 Å². The van der Waals surface area contributed by atoms with Gasteiger partial charge < -0.3 is 9.64 Å². The van der Waals surface area contributed by atoms with E-state index in [9.17, 15) is 14.0 Å². The molecule has 1 saturated heterocycles. The number of aromatic nitrogens is 1. The van der Waals surface area contributed by atoms with Crippen LogP contribution in [0.4, 0.5) is 4.39 Å². The molecule has 27 heavy (non-hydrogen) atoms. The lowest BCUT2D eigenvalue weighted by Crippen LogP contribution is -2.49. The van der Waals surface area contributed by atoms with Crippen molar-refractivity contribution in [2.45, 2.75) is 52.1 Å². The number of carbonyl (C=O) groups excluding carboxylic acids is 2. The molecule has 2 aromatic rings. The topological polar surface area (TPSA) is 59.5 Å². The molecule has 1 amide bonds. The highest BCUT2D eigenvalue weighted by Crippen LogP contribution is 2.29. The fourth-order valence-electron chi connectivity index (χ4n) is 3.48. The molecule has 2 atom stereocenters. The summed E-state index contributed by atoms with van der Waals surface area (Å²) in [5, 5.41) is 0.615. The number of piperidine rings is 1. The van der Waals surface area contributed by atoms with E-state index in [0.717, 1.165) is 24.8 Å². The van der Waals surface area contributed by atoms with Crippen LogP contribution >= 0.6 is 11.3 Å². The summed E-state index contributed by atoms with van der Waals surface area (Å²) in [7, 11) is 0. The van der Waals surface area contributed by atoms with Gasteiger partial charge in [-0.3, -0.25) is 4.79 Å². The first kappa shape index (κ1) is 19.5. The van der Waals surface area contributed by atoms with E-state index in [1.807, 2.05) is 18.7 Å². The van der Waals surface area contributed by atoms with Crippen molar-refractivity contribution < 1.29 is 18.7 Å². The Morgan fingerprint density at radius 3 is 2.48 bits per heavy atom. The summed E-state index contributed by atoms with van der Waals surface area (Å²) in [5.74, 6) is -1.04. The number of esters is 1. The molecule has 0 unspecified atom stereocenters. The predicted molar refractivity (Wildman–Crippen MR) is 102 cm³/mol. The molecule has 1 aliphatic rings. The molecule has 0 bridgehead atoms. The molecular weight excluding hydrogens is 367 g/mol. The molecule has 5 nitrogen and oxygen atoms in total. The van der Waals surface area contributed by atoms with Crippen LogP contribution in [-0.4, -0.2) is 40.5 Å². The number of hydrogen-bond acceptors (Lipinski definition) is 5. The van der Waals surface area contributed by atoms with E-state index in [1.54, 1.807) is 19.1 Å². The average Bonchev–Trinajstić information content (AvgIpc) is 3.02. The number of hydrogen-bond donors (Lipinski definition) is 0. The van der Waals surface area contributed by atoms with Crippen molar-refractivity contribution in [2.75, 3.05) is 6.61 Å². The van der Waals surface area contributed by atoms with E-state index in [-0.39, 0.29) is 30.4 Å². The van der Waals surface area contributed by atoms with Gasteiger partial charge in [0.15, 0.2) is 6.61 Å². The van der Waals surface area contributed by atoms with Crippen molar-refractivity contribution in [2.24, 2.45) is 0 Å². The zero-order valence-corrected chi connectivity index (χ0v) is 16.5. The highest BCUT2D eigenvalue weighted by molar-refractivity contribution is 7.17. The van der Waals surface area contributed by atoms with Gasteiger partial charge in [0.05, 0.1) is 5.69 Å². The second-order valence-electron chi connectivity index (χ2n) is 6.95. The number of halogens is 1. The zero-order valence-electron chi connectivity index (χ0n) is 15.7. The summed E-state index contributed by atoms with van der Waals surface area (Å²) < 4.78 is 18.3. The zero-order chi connectivity index (χ0) is 19.6. The summed E-state index contributed by atoms with van der Waals surface area (Å²) in [6.45, 7) is 5.50. The van der Waals surface area contributed by atoms with Gasteiger partial charge in [-0.1, -0.05) is 0 Å². The number of aryl methyl sites for hydroxylation is 1. The third kappa shape index (κ3) is 4.35. The lowest BCUT2D eigenvalue weighted by molar-refractivity contribution is -0.140. The van der Waals surface area contributed by atoms with Crippen molar-refractivity contribution in [1.82, 2.24) is 9.88 Å². The molecule has 2 heterocycles. The van der Waals surface area contributed by atoms with Crippen LogP contribution in [0.1, 0.15) is 48.5 Å². The number of ether oxygens (including phenoxy) is 1. The molecule has 0 aliphatic carbocycles. The number of nitrogens with zero attached hydrogens (tertiary/aromatic N) is 2. The van der Waals surface area contributed by atoms with Crippen molar-refractivity contribution in [1.29, 1.82) is 0 Å². The van der Waals surface area contributed by atoms with E-state index in [0.29, 0.717) is 15.6 Å². The molecule has 1 aliphatic heterocycles. The fourth-order valence-corrected chi connectivity index (χ4v) is 4.45. The molecule has 1 aromatic carbocycles. The van der Waals surface area contributed by atoms with Crippen molar-refractivity contribution >= 4 is 23.2 Å². The third-order valence-corrected chi connectivity index (χ3v) is 6.07. The normalized spacial score (nSPS) is 19.8. The van der Waals surface area contributed by atoms with Crippen LogP contribution in [0.2, 0.25) is 0 Å². The first-order valence-electron chi connectivity index (χ1n) is 9.08. The molecule has 1 aromatic heterocycles. The number of likely N-dealkylation sites (tertiary alicyclic amines) is 1. The van der Waals surface area contributed by atoms with Gasteiger partial charge in [0.25, 0.3) is 5.91 Å². The summed E-state index contributed by atoms with van der Waals surface area (Å²) >= 11 is 1.18. The Bertz CT molecular complexity index is 824. The number of carbonyl (C=O) groups is 2. The Morgan fingerprint density at radius 2 is 1.85 bits per heavy atom. The summed E-state index contributed by atoms with van der Waals surface area (Å²) in [5.41, 5.74) is 1.27. The van der Waals surface area contributed by atoms with Gasteiger partial charge in [-0.05, 0) is 64.3 Å². The maximum Gasteiger partial charge on any atom is 0.350 e. The highest BCUT2D eigenvalue weighted by Gasteiger charge is 2.29. The molecular formula is C20H23FN2O3S. The van der Waals surface area contributed by atoms with Crippen LogP contribution in [0.3, 0.4) is 0 Å². The minimum absolute atomic E-state index is 0.162. The molecule has 0 N–H and O–H groups in total. The lowest BCUT2D eigenvalue weighted by atomic mass is 9.97. The number of amides is 1. The maximum absolute atomic E-state index is 13.1. The second kappa shape index (κ2) is 8.17. The molecule has 144 valence electrons. The van der Waals surface area contributed by atoms with Gasteiger partial charge in [-0.25, -0.2) is 14.2 Å². The fraction of sp³-hybridized carbons (Fsp3) is 0.450. The Hall–Kier alpha value is -2.28. The lowest BCUT2D eigenvalue weighted by Gasteiger charge is -2.38. The quantitative estimate of drug-likeness (QED) is 0.734. The van der Waals surface area contributed by atoms with Gasteiger partial charge in [0.1, 0.15) is 15.7 Å². The van der Waals surface area contributed by atoms with E-state index in [2.05, 4.69) is 4.98 Å². The summed E-state index contributed by atoms with van der Waals surface area (Å²) in [6.07, 6.45) is 3.05. The minimum atomic E-state index is -0.552. The summed E-state index contributed by atoms with van der Waals surface area (Å²) in [6, 6.07) is 6.26. The van der Waals surface area contributed by atoms with E-state index in [1.165, 1.54) is 23.5 Å². The Morgan fingerprint density at radius 1 is 1.22 bits per heavy atom. The maximum atomic E-state index is 13.1. The Kier molecular flexibility index (Phi) is 5.89. The number of rotatable bonds is 4. The number of benzene rings is 1. The van der Waals surface area contributed by atoms with Gasteiger partial charge in [0.2, 0.25) is 0 Å². The van der Waals surface area contributed by atoms with Crippen LogP contribution in [-0.2, 0) is 9.53 Å². The predicted octanol–water partition coefficient (Wildman–Crippen LogP) is 4.20. The van der Waals surface area contributed by atoms with Crippen LogP contribution < -0.4 is 0 Å². The largest absolute Gasteiger partial charge is 0.451 e. The standard InChI is InChI=1S/C20H23FN2O3S/c1-12-5-4-6-13(2)23(12)17(24)11-26-20(25)18-14(3)22-19(27-18)15-7-9-16(21)10-8-15/h7-10,12-13H,4-6,11H2,1-3H3/t12-,13+. The van der Waals surface area contributed by atoms with Gasteiger partial charge in [-0.15, -0.1) is 11.3 Å². The SMILES string of the molecule is Cc1nc(-c2ccc(F)cc2)sc1C(=O)OCC(=O)N1[C@H](C)CCC[C@@H]1C. The van der Waals surface area contributed by atoms with Crippen LogP contribution in [0.25, 0.3) is 10.6 Å². The first-order chi connectivity index (χ1) is 12.9. The smallest absolute Gasteiger partial charge is 0.350 e. The highest BCUT2D eigenvalue weighted by atomic mass is 32.1.